The van der Waals surface area contributed by atoms with Gasteiger partial charge in [-0.2, -0.15) is 0 Å². The van der Waals surface area contributed by atoms with Gasteiger partial charge in [-0.15, -0.1) is 0 Å². The fraction of sp³-hybridized carbons (Fsp3) is 0.429. The Morgan fingerprint density at radius 3 is 2.39 bits per heavy atom. The van der Waals surface area contributed by atoms with Crippen molar-refractivity contribution in [2.45, 2.75) is 20.3 Å². The first-order chi connectivity index (χ1) is 8.52. The fourth-order valence-corrected chi connectivity index (χ4v) is 1.27. The Bertz CT molecular complexity index is 407. The first kappa shape index (κ1) is 14.4. The lowest BCUT2D eigenvalue weighted by Crippen LogP contribution is -2.30. The van der Waals surface area contributed by atoms with Crippen molar-refractivity contribution in [1.29, 1.82) is 0 Å². The maximum absolute atomic E-state index is 11.7. The molecule has 0 spiro atoms. The molecule has 0 amide bonds. The molecule has 0 saturated carbocycles. The number of ether oxygens (including phenoxy) is 1. The number of carbonyl (C=O) groups is 2. The molecular formula is C14H18O4. The molecule has 0 heterocycles. The highest BCUT2D eigenvalue weighted by Crippen LogP contribution is 2.20. The van der Waals surface area contributed by atoms with Crippen LogP contribution in [-0.2, 0) is 9.53 Å². The average molecular weight is 250 g/mol. The van der Waals surface area contributed by atoms with E-state index in [0.717, 1.165) is 0 Å². The lowest BCUT2D eigenvalue weighted by atomic mass is 9.90. The average Bonchev–Trinajstić information content (AvgIpc) is 2.44. The second kappa shape index (κ2) is 6.31. The van der Waals surface area contributed by atoms with Crippen molar-refractivity contribution in [1.82, 2.24) is 0 Å². The number of aliphatic hydroxyl groups excluding tert-OH is 1. The molecule has 1 aromatic rings. The number of rotatable bonds is 6. The van der Waals surface area contributed by atoms with Crippen LogP contribution in [0.4, 0.5) is 0 Å². The molecule has 0 aliphatic carbocycles. The van der Waals surface area contributed by atoms with Crippen molar-refractivity contribution in [3.63, 3.8) is 0 Å². The van der Waals surface area contributed by atoms with Crippen molar-refractivity contribution in [2.75, 3.05) is 13.2 Å². The number of hydrogen-bond acceptors (Lipinski definition) is 4. The molecule has 1 rings (SSSR count). The molecule has 0 aliphatic rings. The van der Waals surface area contributed by atoms with Crippen molar-refractivity contribution in [3.8, 4) is 0 Å². The lowest BCUT2D eigenvalue weighted by Gasteiger charge is -2.24. The van der Waals surface area contributed by atoms with E-state index in [9.17, 15) is 14.7 Å². The summed E-state index contributed by atoms with van der Waals surface area (Å²) in [4.78, 5) is 23.3. The zero-order valence-electron chi connectivity index (χ0n) is 10.7. The van der Waals surface area contributed by atoms with E-state index in [-0.39, 0.29) is 13.2 Å². The molecule has 98 valence electrons. The molecule has 1 aromatic carbocycles. The minimum atomic E-state index is -0.880. The molecule has 0 fully saturated rings. The van der Waals surface area contributed by atoms with Gasteiger partial charge in [0.1, 0.15) is 0 Å². The van der Waals surface area contributed by atoms with Crippen LogP contribution in [0.3, 0.4) is 0 Å². The molecule has 1 N–H and O–H groups in total. The van der Waals surface area contributed by atoms with Crippen LogP contribution in [0.15, 0.2) is 30.3 Å². The number of hydrogen-bond donors (Lipinski definition) is 1. The number of aliphatic hydroxyl groups is 1. The summed E-state index contributed by atoms with van der Waals surface area (Å²) < 4.78 is 4.96. The van der Waals surface area contributed by atoms with Gasteiger partial charge in [-0.25, -0.2) is 4.79 Å². The summed E-state index contributed by atoms with van der Waals surface area (Å²) in [6.45, 7) is 3.64. The van der Waals surface area contributed by atoms with E-state index in [2.05, 4.69) is 0 Å². The van der Waals surface area contributed by atoms with E-state index < -0.39 is 17.2 Å². The Labute approximate surface area is 107 Å². The van der Waals surface area contributed by atoms with Crippen LogP contribution < -0.4 is 0 Å². The molecule has 0 bridgehead atoms. The standard InChI is InChI=1S/C14H18O4/c1-3-14(2,9-15)10-18-13(17)12(16)11-7-5-4-6-8-11/h4-8,15H,3,9-10H2,1-2H3. The molecule has 0 aliphatic heterocycles. The highest BCUT2D eigenvalue weighted by atomic mass is 16.5. The zero-order chi connectivity index (χ0) is 13.6. The van der Waals surface area contributed by atoms with Crippen LogP contribution in [0.25, 0.3) is 0 Å². The minimum absolute atomic E-state index is 0.0391. The van der Waals surface area contributed by atoms with Gasteiger partial charge in [0, 0.05) is 11.0 Å². The Morgan fingerprint density at radius 2 is 1.89 bits per heavy atom. The van der Waals surface area contributed by atoms with Gasteiger partial charge in [0.15, 0.2) is 0 Å². The number of ketones is 1. The Hall–Kier alpha value is -1.68. The third-order valence-electron chi connectivity index (χ3n) is 3.01. The lowest BCUT2D eigenvalue weighted by molar-refractivity contribution is -0.142. The SMILES string of the molecule is CCC(C)(CO)COC(=O)C(=O)c1ccccc1. The van der Waals surface area contributed by atoms with Crippen LogP contribution in [-0.4, -0.2) is 30.1 Å². The highest BCUT2D eigenvalue weighted by Gasteiger charge is 2.25. The highest BCUT2D eigenvalue weighted by molar-refractivity contribution is 6.40. The van der Waals surface area contributed by atoms with Gasteiger partial charge < -0.3 is 9.84 Å². The molecule has 0 aromatic heterocycles. The first-order valence-corrected chi connectivity index (χ1v) is 5.90. The molecule has 4 nitrogen and oxygen atoms in total. The third kappa shape index (κ3) is 3.67. The zero-order valence-corrected chi connectivity index (χ0v) is 10.7. The minimum Gasteiger partial charge on any atom is -0.459 e. The summed E-state index contributed by atoms with van der Waals surface area (Å²) in [7, 11) is 0. The van der Waals surface area contributed by atoms with Gasteiger partial charge in [0.05, 0.1) is 13.2 Å². The molecule has 1 unspecified atom stereocenters. The van der Waals surface area contributed by atoms with Crippen molar-refractivity contribution < 1.29 is 19.4 Å². The second-order valence-electron chi connectivity index (χ2n) is 4.59. The number of benzene rings is 1. The summed E-state index contributed by atoms with van der Waals surface area (Å²) in [6, 6.07) is 8.26. The summed E-state index contributed by atoms with van der Waals surface area (Å²) in [6.07, 6.45) is 0.663. The monoisotopic (exact) mass is 250 g/mol. The van der Waals surface area contributed by atoms with E-state index in [1.807, 2.05) is 6.92 Å². The largest absolute Gasteiger partial charge is 0.459 e. The van der Waals surface area contributed by atoms with Gasteiger partial charge in [-0.05, 0) is 6.42 Å². The Balaban J connectivity index is 2.59. The maximum atomic E-state index is 11.7. The quantitative estimate of drug-likeness (QED) is 0.475. The number of Topliss-reactive ketones (excluding diaryl/α,β-unsaturated/α-hetero) is 1. The molecule has 4 heteroatoms. The summed E-state index contributed by atoms with van der Waals surface area (Å²) in [5.74, 6) is -1.54. The smallest absolute Gasteiger partial charge is 0.379 e. The van der Waals surface area contributed by atoms with Crippen LogP contribution in [0.5, 0.6) is 0 Å². The third-order valence-corrected chi connectivity index (χ3v) is 3.01. The Kier molecular flexibility index (Phi) is 5.04. The number of carbonyl (C=O) groups excluding carboxylic acids is 2. The molecule has 0 radical (unpaired) electrons. The summed E-state index contributed by atoms with van der Waals surface area (Å²) >= 11 is 0. The van der Waals surface area contributed by atoms with Gasteiger partial charge in [-0.1, -0.05) is 44.2 Å². The van der Waals surface area contributed by atoms with Crippen molar-refractivity contribution >= 4 is 11.8 Å². The van der Waals surface area contributed by atoms with Crippen molar-refractivity contribution in [3.05, 3.63) is 35.9 Å². The second-order valence-corrected chi connectivity index (χ2v) is 4.59. The van der Waals surface area contributed by atoms with Crippen molar-refractivity contribution in [2.24, 2.45) is 5.41 Å². The predicted molar refractivity (Wildman–Crippen MR) is 67.2 cm³/mol. The number of esters is 1. The molecule has 1 atom stereocenters. The van der Waals surface area contributed by atoms with Crippen LogP contribution in [0.1, 0.15) is 30.6 Å². The van der Waals surface area contributed by atoms with Crippen LogP contribution in [0.2, 0.25) is 0 Å². The topological polar surface area (TPSA) is 63.6 Å². The predicted octanol–water partition coefficient (Wildman–Crippen LogP) is 1.82. The fourth-order valence-electron chi connectivity index (χ4n) is 1.27. The molecule has 18 heavy (non-hydrogen) atoms. The van der Waals surface area contributed by atoms with Gasteiger partial charge in [0.25, 0.3) is 5.78 Å². The van der Waals surface area contributed by atoms with E-state index in [0.29, 0.717) is 12.0 Å². The molecule has 0 saturated heterocycles. The van der Waals surface area contributed by atoms with Crippen LogP contribution in [0, 0.1) is 5.41 Å². The van der Waals surface area contributed by atoms with E-state index >= 15 is 0 Å². The van der Waals surface area contributed by atoms with E-state index in [4.69, 9.17) is 4.74 Å². The van der Waals surface area contributed by atoms with Gasteiger partial charge in [0.2, 0.25) is 0 Å². The van der Waals surface area contributed by atoms with E-state index in [1.54, 1.807) is 37.3 Å². The summed E-state index contributed by atoms with van der Waals surface area (Å²) in [5, 5.41) is 9.18. The normalized spacial score (nSPS) is 13.7. The maximum Gasteiger partial charge on any atom is 0.379 e. The summed E-state index contributed by atoms with van der Waals surface area (Å²) in [5.41, 5.74) is -0.184. The van der Waals surface area contributed by atoms with E-state index in [1.165, 1.54) is 0 Å². The first-order valence-electron chi connectivity index (χ1n) is 5.90. The Morgan fingerprint density at radius 1 is 1.28 bits per heavy atom. The van der Waals surface area contributed by atoms with Gasteiger partial charge in [-0.3, -0.25) is 4.79 Å². The van der Waals surface area contributed by atoms with Crippen LogP contribution >= 0.6 is 0 Å². The molecular weight excluding hydrogens is 232 g/mol. The van der Waals surface area contributed by atoms with Gasteiger partial charge >= 0.3 is 5.97 Å².